The Hall–Kier alpha value is -1.95. The first-order valence-electron chi connectivity index (χ1n) is 5.85. The van der Waals surface area contributed by atoms with Gasteiger partial charge in [0.25, 0.3) is 5.91 Å². The maximum atomic E-state index is 11.9. The minimum atomic E-state index is -0.409. The van der Waals surface area contributed by atoms with Gasteiger partial charge in [-0.25, -0.2) is 0 Å². The van der Waals surface area contributed by atoms with E-state index in [1.165, 1.54) is 12.1 Å². The van der Waals surface area contributed by atoms with Crippen molar-refractivity contribution in [2.75, 3.05) is 5.32 Å². The molecule has 1 aliphatic carbocycles. The molecular formula is C12H11ClN4O2. The Bertz CT molecular complexity index is 619. The van der Waals surface area contributed by atoms with Crippen molar-refractivity contribution < 1.29 is 9.32 Å². The van der Waals surface area contributed by atoms with E-state index in [9.17, 15) is 4.79 Å². The Balaban J connectivity index is 1.72. The van der Waals surface area contributed by atoms with Crippen LogP contribution in [0.3, 0.4) is 0 Å². The van der Waals surface area contributed by atoms with Crippen LogP contribution in [0.1, 0.15) is 35.9 Å². The van der Waals surface area contributed by atoms with E-state index in [4.69, 9.17) is 16.1 Å². The van der Waals surface area contributed by atoms with Crippen LogP contribution in [0.5, 0.6) is 0 Å². The number of carbonyl (C=O) groups is 1. The standard InChI is InChI=1S/C12H11ClN4O2/c1-12(4-5-12)8-6-10(19-17-8)14-11(18)7-2-3-9(13)16-15-7/h2-3,6H,4-5H2,1H3,(H,14,18). The summed E-state index contributed by atoms with van der Waals surface area (Å²) in [6, 6.07) is 4.74. The summed E-state index contributed by atoms with van der Waals surface area (Å²) >= 11 is 5.60. The monoisotopic (exact) mass is 278 g/mol. The summed E-state index contributed by atoms with van der Waals surface area (Å²) in [5, 5.41) is 14.1. The maximum absolute atomic E-state index is 11.9. The molecule has 2 aromatic heterocycles. The predicted molar refractivity (Wildman–Crippen MR) is 68.1 cm³/mol. The number of hydrogen-bond acceptors (Lipinski definition) is 5. The molecule has 0 radical (unpaired) electrons. The van der Waals surface area contributed by atoms with Gasteiger partial charge in [-0.3, -0.25) is 10.1 Å². The van der Waals surface area contributed by atoms with Crippen molar-refractivity contribution in [2.45, 2.75) is 25.2 Å². The molecule has 2 heterocycles. The van der Waals surface area contributed by atoms with Gasteiger partial charge in [0.15, 0.2) is 10.8 Å². The van der Waals surface area contributed by atoms with Crippen molar-refractivity contribution in [2.24, 2.45) is 0 Å². The Labute approximate surface area is 114 Å². The Morgan fingerprint density at radius 1 is 1.42 bits per heavy atom. The first-order valence-corrected chi connectivity index (χ1v) is 6.22. The fraction of sp³-hybridized carbons (Fsp3) is 0.333. The molecule has 1 fully saturated rings. The van der Waals surface area contributed by atoms with E-state index in [1.54, 1.807) is 6.07 Å². The highest BCUT2D eigenvalue weighted by molar-refractivity contribution is 6.29. The molecule has 0 saturated heterocycles. The maximum Gasteiger partial charge on any atom is 0.278 e. The molecule has 19 heavy (non-hydrogen) atoms. The zero-order valence-electron chi connectivity index (χ0n) is 10.2. The molecule has 98 valence electrons. The first kappa shape index (κ1) is 12.1. The van der Waals surface area contributed by atoms with Gasteiger partial charge in [0.2, 0.25) is 5.88 Å². The topological polar surface area (TPSA) is 80.9 Å². The number of nitrogens with one attached hydrogen (secondary N) is 1. The number of nitrogens with zero attached hydrogens (tertiary/aromatic N) is 3. The summed E-state index contributed by atoms with van der Waals surface area (Å²) in [7, 11) is 0. The van der Waals surface area contributed by atoms with E-state index in [1.807, 2.05) is 0 Å². The van der Waals surface area contributed by atoms with Crippen molar-refractivity contribution in [3.63, 3.8) is 0 Å². The van der Waals surface area contributed by atoms with Crippen LogP contribution in [-0.2, 0) is 5.41 Å². The highest BCUT2D eigenvalue weighted by atomic mass is 35.5. The molecule has 1 N–H and O–H groups in total. The largest absolute Gasteiger partial charge is 0.338 e. The smallest absolute Gasteiger partial charge is 0.278 e. The van der Waals surface area contributed by atoms with Crippen LogP contribution in [0.15, 0.2) is 22.7 Å². The molecule has 1 aliphatic rings. The third-order valence-corrected chi connectivity index (χ3v) is 3.43. The number of hydrogen-bond donors (Lipinski definition) is 1. The van der Waals surface area contributed by atoms with Crippen LogP contribution in [0.4, 0.5) is 5.88 Å². The van der Waals surface area contributed by atoms with Crippen LogP contribution in [0.2, 0.25) is 5.15 Å². The minimum absolute atomic E-state index is 0.104. The number of amides is 1. The van der Waals surface area contributed by atoms with Gasteiger partial charge in [-0.15, -0.1) is 10.2 Å². The molecule has 0 aromatic carbocycles. The molecule has 0 bridgehead atoms. The Morgan fingerprint density at radius 3 is 2.84 bits per heavy atom. The third-order valence-electron chi connectivity index (χ3n) is 3.23. The Morgan fingerprint density at radius 2 is 2.21 bits per heavy atom. The van der Waals surface area contributed by atoms with Gasteiger partial charge < -0.3 is 4.52 Å². The van der Waals surface area contributed by atoms with E-state index in [0.717, 1.165) is 18.5 Å². The van der Waals surface area contributed by atoms with Crippen molar-refractivity contribution in [1.29, 1.82) is 0 Å². The third kappa shape index (κ3) is 2.44. The van der Waals surface area contributed by atoms with Gasteiger partial charge in [0.05, 0.1) is 5.69 Å². The van der Waals surface area contributed by atoms with Gasteiger partial charge in [0.1, 0.15) is 0 Å². The molecule has 0 spiro atoms. The molecule has 6 nitrogen and oxygen atoms in total. The molecule has 0 aliphatic heterocycles. The van der Waals surface area contributed by atoms with E-state index >= 15 is 0 Å². The van der Waals surface area contributed by atoms with Crippen LogP contribution < -0.4 is 5.32 Å². The fourth-order valence-electron chi connectivity index (χ4n) is 1.68. The van der Waals surface area contributed by atoms with Gasteiger partial charge in [-0.05, 0) is 25.0 Å². The molecule has 1 amide bonds. The molecule has 3 rings (SSSR count). The van der Waals surface area contributed by atoms with E-state index in [-0.39, 0.29) is 16.3 Å². The van der Waals surface area contributed by atoms with Crippen molar-refractivity contribution in [1.82, 2.24) is 15.4 Å². The summed E-state index contributed by atoms with van der Waals surface area (Å²) in [4.78, 5) is 11.9. The number of anilines is 1. The first-order chi connectivity index (χ1) is 9.07. The SMILES string of the molecule is CC1(c2cc(NC(=O)c3ccc(Cl)nn3)on2)CC1. The van der Waals surface area contributed by atoms with Crippen LogP contribution in [0.25, 0.3) is 0 Å². The molecular weight excluding hydrogens is 268 g/mol. The lowest BCUT2D eigenvalue weighted by Gasteiger charge is -2.00. The number of carbonyl (C=O) groups excluding carboxylic acids is 1. The minimum Gasteiger partial charge on any atom is -0.338 e. The number of aromatic nitrogens is 3. The van der Waals surface area contributed by atoms with Gasteiger partial charge in [0, 0.05) is 11.5 Å². The van der Waals surface area contributed by atoms with E-state index < -0.39 is 5.91 Å². The fourth-order valence-corrected chi connectivity index (χ4v) is 1.78. The normalized spacial score (nSPS) is 16.1. The molecule has 1 saturated carbocycles. The summed E-state index contributed by atoms with van der Waals surface area (Å²) in [5.41, 5.74) is 1.14. The molecule has 7 heteroatoms. The predicted octanol–water partition coefficient (Wildman–Crippen LogP) is 2.42. The van der Waals surface area contributed by atoms with Gasteiger partial charge >= 0.3 is 0 Å². The number of halogens is 1. The summed E-state index contributed by atoms with van der Waals surface area (Å²) in [5.74, 6) is -0.0994. The molecule has 0 unspecified atom stereocenters. The highest BCUT2D eigenvalue weighted by Crippen LogP contribution is 2.47. The zero-order chi connectivity index (χ0) is 13.5. The zero-order valence-corrected chi connectivity index (χ0v) is 10.9. The van der Waals surface area contributed by atoms with Crippen LogP contribution in [0, 0.1) is 0 Å². The summed E-state index contributed by atoms with van der Waals surface area (Å²) < 4.78 is 5.09. The molecule has 2 aromatic rings. The van der Waals surface area contributed by atoms with Gasteiger partial charge in [-0.2, -0.15) is 0 Å². The lowest BCUT2D eigenvalue weighted by atomic mass is 10.1. The lowest BCUT2D eigenvalue weighted by molar-refractivity contribution is 0.101. The van der Waals surface area contributed by atoms with Gasteiger partial charge in [-0.1, -0.05) is 23.7 Å². The van der Waals surface area contributed by atoms with Crippen LogP contribution in [-0.4, -0.2) is 21.3 Å². The van der Waals surface area contributed by atoms with E-state index in [0.29, 0.717) is 5.88 Å². The van der Waals surface area contributed by atoms with Crippen molar-refractivity contribution in [3.05, 3.63) is 34.7 Å². The Kier molecular flexibility index (Phi) is 2.74. The van der Waals surface area contributed by atoms with Crippen LogP contribution >= 0.6 is 11.6 Å². The second-order valence-corrected chi connectivity index (χ2v) is 5.22. The lowest BCUT2D eigenvalue weighted by Crippen LogP contribution is -2.13. The summed E-state index contributed by atoms with van der Waals surface area (Å²) in [6.45, 7) is 2.11. The second-order valence-electron chi connectivity index (χ2n) is 4.83. The second kappa shape index (κ2) is 4.31. The highest BCUT2D eigenvalue weighted by Gasteiger charge is 2.42. The quantitative estimate of drug-likeness (QED) is 0.932. The average Bonchev–Trinajstić information content (AvgIpc) is 2.97. The molecule has 0 atom stereocenters. The van der Waals surface area contributed by atoms with E-state index in [2.05, 4.69) is 27.6 Å². The van der Waals surface area contributed by atoms with Crippen molar-refractivity contribution >= 4 is 23.4 Å². The number of rotatable bonds is 3. The van der Waals surface area contributed by atoms with Crippen molar-refractivity contribution in [3.8, 4) is 0 Å². The summed E-state index contributed by atoms with van der Waals surface area (Å²) in [6.07, 6.45) is 2.19. The average molecular weight is 279 g/mol.